The summed E-state index contributed by atoms with van der Waals surface area (Å²) in [6.45, 7) is 0. The van der Waals surface area contributed by atoms with Crippen LogP contribution in [0.1, 0.15) is 11.1 Å². The smallest absolute Gasteiger partial charge is 0.334 e. The van der Waals surface area contributed by atoms with Crippen LogP contribution in [0.4, 0.5) is 0 Å². The van der Waals surface area contributed by atoms with E-state index in [1.807, 2.05) is 0 Å². The zero-order chi connectivity index (χ0) is 10.1. The van der Waals surface area contributed by atoms with Crippen molar-refractivity contribution in [1.82, 2.24) is 0 Å². The molecule has 1 aromatic rings. The van der Waals surface area contributed by atoms with Crippen molar-refractivity contribution in [3.8, 4) is 5.75 Å². The average Bonchev–Trinajstić information content (AvgIpc) is 2.59. The first kappa shape index (κ1) is 8.81. The van der Waals surface area contributed by atoms with Crippen LogP contribution in [0.25, 0.3) is 6.08 Å². The number of aromatic hydroxyl groups is 1. The van der Waals surface area contributed by atoms with E-state index in [-0.39, 0.29) is 11.7 Å². The van der Waals surface area contributed by atoms with Gasteiger partial charge in [0.2, 0.25) is 0 Å². The van der Waals surface area contributed by atoms with Crippen LogP contribution in [0.5, 0.6) is 5.75 Å². The summed E-state index contributed by atoms with van der Waals surface area (Å²) in [7, 11) is 1.36. The summed E-state index contributed by atoms with van der Waals surface area (Å²) in [5, 5.41) is 9.24. The highest BCUT2D eigenvalue weighted by Crippen LogP contribution is 2.28. The molecule has 0 unspecified atom stereocenters. The van der Waals surface area contributed by atoms with Crippen LogP contribution in [-0.4, -0.2) is 18.2 Å². The number of phenols is 1. The van der Waals surface area contributed by atoms with Gasteiger partial charge in [0.05, 0.1) is 7.11 Å². The number of phenolic OH excluding ortho intramolecular Hbond substituents is 1. The van der Waals surface area contributed by atoms with Crippen molar-refractivity contribution in [3.05, 3.63) is 34.9 Å². The van der Waals surface area contributed by atoms with E-state index in [4.69, 9.17) is 0 Å². The third kappa shape index (κ3) is 1.37. The van der Waals surface area contributed by atoms with Crippen LogP contribution >= 0.6 is 0 Å². The van der Waals surface area contributed by atoms with E-state index in [1.54, 1.807) is 24.3 Å². The summed E-state index contributed by atoms with van der Waals surface area (Å²) in [4.78, 5) is 11.2. The van der Waals surface area contributed by atoms with Crippen molar-refractivity contribution < 1.29 is 14.6 Å². The van der Waals surface area contributed by atoms with E-state index in [1.165, 1.54) is 7.11 Å². The number of carbonyl (C=O) groups is 1. The Morgan fingerprint density at radius 1 is 1.50 bits per heavy atom. The Labute approximate surface area is 81.6 Å². The van der Waals surface area contributed by atoms with Crippen LogP contribution in [-0.2, 0) is 16.0 Å². The lowest BCUT2D eigenvalue weighted by atomic mass is 10.1. The summed E-state index contributed by atoms with van der Waals surface area (Å²) >= 11 is 0. The van der Waals surface area contributed by atoms with Gasteiger partial charge in [0.1, 0.15) is 5.75 Å². The number of rotatable bonds is 1. The molecule has 0 amide bonds. The van der Waals surface area contributed by atoms with E-state index in [0.717, 1.165) is 11.1 Å². The molecule has 1 N–H and O–H groups in total. The third-order valence-corrected chi connectivity index (χ3v) is 2.28. The van der Waals surface area contributed by atoms with Crippen molar-refractivity contribution in [2.45, 2.75) is 6.42 Å². The first-order chi connectivity index (χ1) is 6.70. The number of carbonyl (C=O) groups excluding carboxylic acids is 1. The second-order valence-corrected chi connectivity index (χ2v) is 3.22. The van der Waals surface area contributed by atoms with Gasteiger partial charge in [-0.25, -0.2) is 4.79 Å². The van der Waals surface area contributed by atoms with Crippen LogP contribution in [0, 0.1) is 0 Å². The second kappa shape index (κ2) is 3.18. The molecule has 1 aliphatic carbocycles. The lowest BCUT2D eigenvalue weighted by Crippen LogP contribution is -2.03. The van der Waals surface area contributed by atoms with E-state index >= 15 is 0 Å². The Kier molecular flexibility index (Phi) is 2.00. The minimum atomic E-state index is -0.305. The first-order valence-electron chi connectivity index (χ1n) is 4.31. The van der Waals surface area contributed by atoms with Gasteiger partial charge < -0.3 is 9.84 Å². The predicted molar refractivity (Wildman–Crippen MR) is 51.8 cm³/mol. The molecule has 0 saturated heterocycles. The van der Waals surface area contributed by atoms with Crippen molar-refractivity contribution in [3.63, 3.8) is 0 Å². The molecule has 0 atom stereocenters. The van der Waals surface area contributed by atoms with E-state index in [9.17, 15) is 9.90 Å². The molecule has 72 valence electrons. The largest absolute Gasteiger partial charge is 0.508 e. The Hall–Kier alpha value is -1.77. The number of benzene rings is 1. The van der Waals surface area contributed by atoms with E-state index < -0.39 is 0 Å². The summed E-state index contributed by atoms with van der Waals surface area (Å²) < 4.78 is 4.63. The zero-order valence-corrected chi connectivity index (χ0v) is 7.78. The number of ether oxygens (including phenoxy) is 1. The summed E-state index contributed by atoms with van der Waals surface area (Å²) in [6.07, 6.45) is 2.33. The number of hydrogen-bond donors (Lipinski definition) is 1. The molecular formula is C11H10O3. The van der Waals surface area contributed by atoms with Crippen LogP contribution in [0.3, 0.4) is 0 Å². The fourth-order valence-electron chi connectivity index (χ4n) is 1.59. The summed E-state index contributed by atoms with van der Waals surface area (Å²) in [6, 6.07) is 5.07. The number of hydrogen-bond acceptors (Lipinski definition) is 3. The lowest BCUT2D eigenvalue weighted by Gasteiger charge is -1.99. The molecule has 14 heavy (non-hydrogen) atoms. The topological polar surface area (TPSA) is 46.5 Å². The molecule has 0 bridgehead atoms. The van der Waals surface area contributed by atoms with Gasteiger partial charge in [-0.2, -0.15) is 0 Å². The molecule has 1 aromatic carbocycles. The minimum Gasteiger partial charge on any atom is -0.508 e. The van der Waals surface area contributed by atoms with Gasteiger partial charge >= 0.3 is 5.97 Å². The second-order valence-electron chi connectivity index (χ2n) is 3.22. The molecule has 2 rings (SSSR count). The Bertz CT molecular complexity index is 419. The fraction of sp³-hybridized carbons (Fsp3) is 0.182. The van der Waals surface area contributed by atoms with Gasteiger partial charge in [-0.1, -0.05) is 6.07 Å². The highest BCUT2D eigenvalue weighted by Gasteiger charge is 2.18. The van der Waals surface area contributed by atoms with E-state index in [0.29, 0.717) is 12.0 Å². The molecule has 1 aliphatic rings. The summed E-state index contributed by atoms with van der Waals surface area (Å²) in [5.74, 6) is -0.0797. The van der Waals surface area contributed by atoms with Gasteiger partial charge in [0, 0.05) is 12.0 Å². The minimum absolute atomic E-state index is 0.225. The molecule has 0 saturated carbocycles. The first-order valence-corrected chi connectivity index (χ1v) is 4.31. The molecule has 0 spiro atoms. The van der Waals surface area contributed by atoms with Crippen molar-refractivity contribution >= 4 is 12.0 Å². The molecule has 3 heteroatoms. The van der Waals surface area contributed by atoms with Crippen LogP contribution in [0.15, 0.2) is 23.8 Å². The third-order valence-electron chi connectivity index (χ3n) is 2.28. The maximum Gasteiger partial charge on any atom is 0.334 e. The number of esters is 1. The average molecular weight is 190 g/mol. The number of methoxy groups -OCH3 is 1. The van der Waals surface area contributed by atoms with Crippen LogP contribution < -0.4 is 0 Å². The highest BCUT2D eigenvalue weighted by molar-refractivity contribution is 5.96. The van der Waals surface area contributed by atoms with Gasteiger partial charge in [-0.3, -0.25) is 0 Å². The molecule has 0 radical (unpaired) electrons. The summed E-state index contributed by atoms with van der Waals surface area (Å²) in [5.41, 5.74) is 2.57. The van der Waals surface area contributed by atoms with Gasteiger partial charge in [-0.15, -0.1) is 0 Å². The molecule has 3 nitrogen and oxygen atoms in total. The molecule has 0 fully saturated rings. The monoisotopic (exact) mass is 190 g/mol. The lowest BCUT2D eigenvalue weighted by molar-refractivity contribution is -0.136. The normalized spacial score (nSPS) is 13.4. The van der Waals surface area contributed by atoms with Crippen molar-refractivity contribution in [2.24, 2.45) is 0 Å². The number of fused-ring (bicyclic) bond motifs is 1. The Balaban J connectivity index is 2.32. The standard InChI is InChI=1S/C11H10O3/c1-14-11(13)9-4-7-2-3-10(12)6-8(7)5-9/h2-4,6,12H,5H2,1H3. The predicted octanol–water partition coefficient (Wildman–Crippen LogP) is 1.50. The Morgan fingerprint density at radius 3 is 3.00 bits per heavy atom. The molecule has 0 heterocycles. The maximum absolute atomic E-state index is 11.2. The van der Waals surface area contributed by atoms with Crippen molar-refractivity contribution in [2.75, 3.05) is 7.11 Å². The van der Waals surface area contributed by atoms with Gasteiger partial charge in [0.15, 0.2) is 0 Å². The maximum atomic E-state index is 11.2. The SMILES string of the molecule is COC(=O)C1=Cc2ccc(O)cc2C1. The van der Waals surface area contributed by atoms with Gasteiger partial charge in [0.25, 0.3) is 0 Å². The Morgan fingerprint density at radius 2 is 2.29 bits per heavy atom. The van der Waals surface area contributed by atoms with Gasteiger partial charge in [-0.05, 0) is 29.3 Å². The van der Waals surface area contributed by atoms with Crippen LogP contribution in [0.2, 0.25) is 0 Å². The fourth-order valence-corrected chi connectivity index (χ4v) is 1.59. The highest BCUT2D eigenvalue weighted by atomic mass is 16.5. The van der Waals surface area contributed by atoms with Crippen molar-refractivity contribution in [1.29, 1.82) is 0 Å². The molecule has 0 aromatic heterocycles. The van der Waals surface area contributed by atoms with E-state index in [2.05, 4.69) is 4.74 Å². The quantitative estimate of drug-likeness (QED) is 0.683. The molecule has 0 aliphatic heterocycles. The zero-order valence-electron chi connectivity index (χ0n) is 7.78. The molecular weight excluding hydrogens is 180 g/mol.